The topological polar surface area (TPSA) is 34.4 Å². The molecule has 0 aliphatic heterocycles. The average molecular weight is 247 g/mol. The molecule has 1 N–H and O–H groups in total. The Balaban J connectivity index is 2.10. The van der Waals surface area contributed by atoms with E-state index >= 15 is 0 Å². The van der Waals surface area contributed by atoms with E-state index in [1.165, 1.54) is 10.9 Å². The fraction of sp³-hybridized carbons (Fsp3) is 0.467. The molecule has 0 amide bonds. The molecule has 0 radical (unpaired) electrons. The summed E-state index contributed by atoms with van der Waals surface area (Å²) in [6, 6.07) is 8.14. The van der Waals surface area contributed by atoms with Crippen LogP contribution < -0.4 is 5.32 Å². The van der Waals surface area contributed by atoms with Crippen LogP contribution in [0.3, 0.4) is 0 Å². The number of nitrogens with one attached hydrogen (secondary N) is 1. The zero-order chi connectivity index (χ0) is 13.2. The van der Waals surface area contributed by atoms with Crippen molar-refractivity contribution in [3.05, 3.63) is 35.6 Å². The van der Waals surface area contributed by atoms with Gasteiger partial charge in [0.05, 0.1) is 5.60 Å². The molecule has 0 saturated heterocycles. The third kappa shape index (κ3) is 2.74. The summed E-state index contributed by atoms with van der Waals surface area (Å²) in [5, 5.41) is 4.62. The standard InChI is InChI=1S/C15H21NO2/c1-11-13(9-16-10-15(2,3)17-4)12-7-5-6-8-14(12)18-11/h5-8,16H,9-10H2,1-4H3. The molecule has 0 saturated carbocycles. The van der Waals surface area contributed by atoms with Gasteiger partial charge in [0.15, 0.2) is 0 Å². The lowest BCUT2D eigenvalue weighted by Gasteiger charge is -2.23. The lowest BCUT2D eigenvalue weighted by Crippen LogP contribution is -2.36. The van der Waals surface area contributed by atoms with E-state index in [4.69, 9.17) is 9.15 Å². The molecule has 0 unspecified atom stereocenters. The second-order valence-electron chi connectivity index (χ2n) is 5.20. The Hall–Kier alpha value is -1.32. The van der Waals surface area contributed by atoms with Crippen LogP contribution in [-0.4, -0.2) is 19.3 Å². The minimum atomic E-state index is -0.145. The van der Waals surface area contributed by atoms with Crippen molar-refractivity contribution in [1.29, 1.82) is 0 Å². The summed E-state index contributed by atoms with van der Waals surface area (Å²) in [6.07, 6.45) is 0. The van der Waals surface area contributed by atoms with Crippen molar-refractivity contribution in [2.45, 2.75) is 32.9 Å². The summed E-state index contributed by atoms with van der Waals surface area (Å²) >= 11 is 0. The molecule has 3 nitrogen and oxygen atoms in total. The van der Waals surface area contributed by atoms with Crippen LogP contribution in [0.4, 0.5) is 0 Å². The van der Waals surface area contributed by atoms with Gasteiger partial charge in [-0.25, -0.2) is 0 Å². The van der Waals surface area contributed by atoms with E-state index < -0.39 is 0 Å². The van der Waals surface area contributed by atoms with Gasteiger partial charge in [-0.05, 0) is 26.8 Å². The summed E-state index contributed by atoms with van der Waals surface area (Å²) in [7, 11) is 1.74. The second-order valence-corrected chi connectivity index (χ2v) is 5.20. The molecule has 0 aliphatic carbocycles. The van der Waals surface area contributed by atoms with Gasteiger partial charge in [-0.1, -0.05) is 18.2 Å². The predicted molar refractivity (Wildman–Crippen MR) is 73.7 cm³/mol. The van der Waals surface area contributed by atoms with Crippen molar-refractivity contribution in [1.82, 2.24) is 5.32 Å². The van der Waals surface area contributed by atoms with E-state index in [1.54, 1.807) is 7.11 Å². The van der Waals surface area contributed by atoms with Gasteiger partial charge in [-0.2, -0.15) is 0 Å². The Morgan fingerprint density at radius 2 is 2.00 bits per heavy atom. The van der Waals surface area contributed by atoms with Crippen molar-refractivity contribution in [3.8, 4) is 0 Å². The molecule has 0 aliphatic rings. The smallest absolute Gasteiger partial charge is 0.134 e. The van der Waals surface area contributed by atoms with Gasteiger partial charge in [0.25, 0.3) is 0 Å². The molecule has 0 bridgehead atoms. The van der Waals surface area contributed by atoms with Crippen molar-refractivity contribution in [3.63, 3.8) is 0 Å². The number of ether oxygens (including phenoxy) is 1. The van der Waals surface area contributed by atoms with E-state index in [0.29, 0.717) is 0 Å². The van der Waals surface area contributed by atoms with E-state index in [0.717, 1.165) is 24.4 Å². The maximum absolute atomic E-state index is 5.74. The van der Waals surface area contributed by atoms with E-state index in [9.17, 15) is 0 Å². The van der Waals surface area contributed by atoms with Crippen LogP contribution in [0, 0.1) is 6.92 Å². The number of fused-ring (bicyclic) bond motifs is 1. The fourth-order valence-electron chi connectivity index (χ4n) is 2.00. The largest absolute Gasteiger partial charge is 0.461 e. The molecule has 1 heterocycles. The third-order valence-electron chi connectivity index (χ3n) is 3.31. The van der Waals surface area contributed by atoms with Crippen LogP contribution in [-0.2, 0) is 11.3 Å². The van der Waals surface area contributed by atoms with Crippen LogP contribution in [0.15, 0.2) is 28.7 Å². The highest BCUT2D eigenvalue weighted by Gasteiger charge is 2.16. The average Bonchev–Trinajstić information content (AvgIpc) is 2.66. The highest BCUT2D eigenvalue weighted by molar-refractivity contribution is 5.82. The second kappa shape index (κ2) is 5.12. The van der Waals surface area contributed by atoms with Gasteiger partial charge in [-0.3, -0.25) is 0 Å². The quantitative estimate of drug-likeness (QED) is 0.880. The SMILES string of the molecule is COC(C)(C)CNCc1c(C)oc2ccccc12. The molecule has 98 valence electrons. The molecule has 2 rings (SSSR count). The molecule has 0 spiro atoms. The zero-order valence-electron chi connectivity index (χ0n) is 11.5. The Bertz CT molecular complexity index is 528. The van der Waals surface area contributed by atoms with Gasteiger partial charge < -0.3 is 14.5 Å². The third-order valence-corrected chi connectivity index (χ3v) is 3.31. The number of rotatable bonds is 5. The summed E-state index contributed by atoms with van der Waals surface area (Å²) in [6.45, 7) is 7.76. The summed E-state index contributed by atoms with van der Waals surface area (Å²) in [5.74, 6) is 0.985. The van der Waals surface area contributed by atoms with Crippen LogP contribution >= 0.6 is 0 Å². The Kier molecular flexibility index (Phi) is 3.73. The highest BCUT2D eigenvalue weighted by atomic mass is 16.5. The maximum Gasteiger partial charge on any atom is 0.134 e. The Morgan fingerprint density at radius 1 is 1.28 bits per heavy atom. The number of aryl methyl sites for hydroxylation is 1. The lowest BCUT2D eigenvalue weighted by molar-refractivity contribution is 0.0230. The zero-order valence-corrected chi connectivity index (χ0v) is 11.5. The summed E-state index contributed by atoms with van der Waals surface area (Å²) in [5.41, 5.74) is 2.04. The van der Waals surface area contributed by atoms with Crippen molar-refractivity contribution >= 4 is 11.0 Å². The van der Waals surface area contributed by atoms with Crippen molar-refractivity contribution in [2.24, 2.45) is 0 Å². The number of para-hydroxylation sites is 1. The monoisotopic (exact) mass is 247 g/mol. The first-order valence-corrected chi connectivity index (χ1v) is 6.26. The molecule has 1 aromatic carbocycles. The molecule has 0 fully saturated rings. The summed E-state index contributed by atoms with van der Waals surface area (Å²) in [4.78, 5) is 0. The minimum Gasteiger partial charge on any atom is -0.461 e. The molecule has 3 heteroatoms. The number of benzene rings is 1. The van der Waals surface area contributed by atoms with Gasteiger partial charge in [0, 0.05) is 31.1 Å². The maximum atomic E-state index is 5.74. The fourth-order valence-corrected chi connectivity index (χ4v) is 2.00. The van der Waals surface area contributed by atoms with Gasteiger partial charge >= 0.3 is 0 Å². The first-order valence-electron chi connectivity index (χ1n) is 6.26. The van der Waals surface area contributed by atoms with Gasteiger partial charge in [-0.15, -0.1) is 0 Å². The van der Waals surface area contributed by atoms with Crippen molar-refractivity contribution in [2.75, 3.05) is 13.7 Å². The highest BCUT2D eigenvalue weighted by Crippen LogP contribution is 2.25. The van der Waals surface area contributed by atoms with Gasteiger partial charge in [0.2, 0.25) is 0 Å². The number of hydrogen-bond donors (Lipinski definition) is 1. The first-order chi connectivity index (χ1) is 8.53. The molecule has 18 heavy (non-hydrogen) atoms. The molecule has 0 atom stereocenters. The first kappa shape index (κ1) is 13.1. The molecular formula is C15H21NO2. The van der Waals surface area contributed by atoms with Crippen LogP contribution in [0.2, 0.25) is 0 Å². The lowest BCUT2D eigenvalue weighted by atomic mass is 10.1. The Labute approximate surface area is 108 Å². The van der Waals surface area contributed by atoms with Crippen LogP contribution in [0.5, 0.6) is 0 Å². The Morgan fingerprint density at radius 3 is 2.72 bits per heavy atom. The number of hydrogen-bond acceptors (Lipinski definition) is 3. The van der Waals surface area contributed by atoms with Crippen molar-refractivity contribution < 1.29 is 9.15 Å². The van der Waals surface area contributed by atoms with Gasteiger partial charge in [0.1, 0.15) is 11.3 Å². The summed E-state index contributed by atoms with van der Waals surface area (Å²) < 4.78 is 11.1. The predicted octanol–water partition coefficient (Wildman–Crippen LogP) is 3.26. The molecular weight excluding hydrogens is 226 g/mol. The van der Waals surface area contributed by atoms with E-state index in [-0.39, 0.29) is 5.60 Å². The van der Waals surface area contributed by atoms with Crippen LogP contribution in [0.25, 0.3) is 11.0 Å². The van der Waals surface area contributed by atoms with E-state index in [1.807, 2.05) is 25.1 Å². The number of furan rings is 1. The normalized spacial score (nSPS) is 12.2. The molecule has 2 aromatic rings. The number of methoxy groups -OCH3 is 1. The molecule has 1 aromatic heterocycles. The van der Waals surface area contributed by atoms with E-state index in [2.05, 4.69) is 25.2 Å². The van der Waals surface area contributed by atoms with Crippen LogP contribution in [0.1, 0.15) is 25.2 Å². The minimum absolute atomic E-state index is 0.145.